The molecule has 27 heavy (non-hydrogen) atoms. The number of nitrogens with one attached hydrogen (secondary N) is 1. The van der Waals surface area contributed by atoms with Crippen molar-refractivity contribution >= 4 is 27.8 Å². The second kappa shape index (κ2) is 8.12. The van der Waals surface area contributed by atoms with Gasteiger partial charge in [0.05, 0.1) is 18.3 Å². The number of allylic oxidation sites excluding steroid dienone is 1. The van der Waals surface area contributed by atoms with Crippen molar-refractivity contribution in [2.75, 3.05) is 11.9 Å². The van der Waals surface area contributed by atoms with E-state index in [4.69, 9.17) is 9.47 Å². The molecule has 0 fully saturated rings. The van der Waals surface area contributed by atoms with E-state index in [1.54, 1.807) is 4.68 Å². The van der Waals surface area contributed by atoms with E-state index in [9.17, 15) is 4.79 Å². The van der Waals surface area contributed by atoms with Crippen LogP contribution in [0, 0.1) is 0 Å². The van der Waals surface area contributed by atoms with Crippen LogP contribution in [-0.4, -0.2) is 33.4 Å². The predicted octanol–water partition coefficient (Wildman–Crippen LogP) is 4.07. The summed E-state index contributed by atoms with van der Waals surface area (Å²) < 4.78 is 14.0. The highest BCUT2D eigenvalue weighted by molar-refractivity contribution is 9.10. The van der Waals surface area contributed by atoms with E-state index in [0.29, 0.717) is 29.6 Å². The van der Waals surface area contributed by atoms with Gasteiger partial charge in [-0.25, -0.2) is 9.48 Å². The number of carbonyl (C=O) groups excluding carboxylic acids is 1. The van der Waals surface area contributed by atoms with E-state index in [2.05, 4.69) is 31.3 Å². The lowest BCUT2D eigenvalue weighted by atomic mass is 9.95. The fourth-order valence-corrected chi connectivity index (χ4v) is 3.38. The Hall–Kier alpha value is -2.35. The summed E-state index contributed by atoms with van der Waals surface area (Å²) in [6, 6.07) is 5.26. The average Bonchev–Trinajstić information content (AvgIpc) is 3.06. The molecule has 0 unspecified atom stereocenters. The van der Waals surface area contributed by atoms with Gasteiger partial charge in [0.1, 0.15) is 18.1 Å². The number of aromatic nitrogens is 3. The highest BCUT2D eigenvalue weighted by Gasteiger charge is 2.36. The molecule has 0 bridgehead atoms. The smallest absolute Gasteiger partial charge is 0.338 e. The molecular formula is C19H23BrN4O3. The predicted molar refractivity (Wildman–Crippen MR) is 106 cm³/mol. The molecule has 1 aromatic carbocycles. The maximum atomic E-state index is 12.9. The van der Waals surface area contributed by atoms with Crippen molar-refractivity contribution < 1.29 is 14.3 Å². The lowest BCUT2D eigenvalue weighted by molar-refractivity contribution is -0.143. The minimum atomic E-state index is -0.501. The molecule has 0 amide bonds. The second-order valence-corrected chi connectivity index (χ2v) is 7.49. The Kier molecular flexibility index (Phi) is 5.84. The number of ether oxygens (including phenoxy) is 2. The molecule has 1 atom stereocenters. The van der Waals surface area contributed by atoms with E-state index in [1.165, 1.54) is 6.33 Å². The summed E-state index contributed by atoms with van der Waals surface area (Å²) in [5, 5.41) is 7.48. The minimum absolute atomic E-state index is 0.228. The molecule has 0 saturated carbocycles. The number of carbonyl (C=O) groups is 1. The maximum absolute atomic E-state index is 12.9. The first-order valence-electron chi connectivity index (χ1n) is 8.92. The van der Waals surface area contributed by atoms with Crippen LogP contribution in [0.25, 0.3) is 0 Å². The normalized spacial score (nSPS) is 16.1. The SMILES string of the molecule is CCCOc1ccc(Br)cc1[C@H]1C(C(=O)OC(C)C)=C(C)Nc2ncnn21. The van der Waals surface area contributed by atoms with Crippen molar-refractivity contribution in [1.82, 2.24) is 14.8 Å². The van der Waals surface area contributed by atoms with Crippen molar-refractivity contribution in [1.29, 1.82) is 0 Å². The fraction of sp³-hybridized carbons (Fsp3) is 0.421. The first kappa shape index (κ1) is 19.4. The summed E-state index contributed by atoms with van der Waals surface area (Å²) in [6.07, 6.45) is 2.12. The molecule has 2 heterocycles. The van der Waals surface area contributed by atoms with Crippen molar-refractivity contribution in [3.8, 4) is 5.75 Å². The third kappa shape index (κ3) is 4.00. The van der Waals surface area contributed by atoms with Crippen LogP contribution >= 0.6 is 15.9 Å². The van der Waals surface area contributed by atoms with Crippen LogP contribution in [0.5, 0.6) is 5.75 Å². The first-order chi connectivity index (χ1) is 12.9. The lowest BCUT2D eigenvalue weighted by Gasteiger charge is -2.29. The van der Waals surface area contributed by atoms with Gasteiger partial charge in [-0.2, -0.15) is 10.1 Å². The van der Waals surface area contributed by atoms with Gasteiger partial charge in [0.15, 0.2) is 0 Å². The number of nitrogens with zero attached hydrogens (tertiary/aromatic N) is 3. The molecule has 0 saturated heterocycles. The molecule has 2 aromatic rings. The molecule has 1 N–H and O–H groups in total. The van der Waals surface area contributed by atoms with Crippen molar-refractivity contribution in [3.05, 3.63) is 45.8 Å². The van der Waals surface area contributed by atoms with Gasteiger partial charge in [0.25, 0.3) is 0 Å². The first-order valence-corrected chi connectivity index (χ1v) is 9.72. The quantitative estimate of drug-likeness (QED) is 0.690. The Morgan fingerprint density at radius 3 is 2.89 bits per heavy atom. The van der Waals surface area contributed by atoms with Crippen molar-refractivity contribution in [3.63, 3.8) is 0 Å². The molecule has 0 spiro atoms. The molecule has 1 aromatic heterocycles. The van der Waals surface area contributed by atoms with Crippen molar-refractivity contribution in [2.45, 2.75) is 46.3 Å². The van der Waals surface area contributed by atoms with Crippen LogP contribution in [0.2, 0.25) is 0 Å². The van der Waals surface area contributed by atoms with Gasteiger partial charge in [-0.05, 0) is 45.4 Å². The Labute approximate surface area is 166 Å². The molecule has 8 heteroatoms. The summed E-state index contributed by atoms with van der Waals surface area (Å²) in [7, 11) is 0. The summed E-state index contributed by atoms with van der Waals surface area (Å²) in [5.41, 5.74) is 2.00. The Morgan fingerprint density at radius 2 is 2.19 bits per heavy atom. The summed E-state index contributed by atoms with van der Waals surface area (Å²) in [5.74, 6) is 0.888. The minimum Gasteiger partial charge on any atom is -0.493 e. The number of fused-ring (bicyclic) bond motifs is 1. The third-order valence-corrected chi connectivity index (χ3v) is 4.58. The number of rotatable bonds is 6. The Morgan fingerprint density at radius 1 is 1.41 bits per heavy atom. The van der Waals surface area contributed by atoms with Crippen LogP contribution in [0.4, 0.5) is 5.95 Å². The Balaban J connectivity index is 2.15. The number of halogens is 1. The maximum Gasteiger partial charge on any atom is 0.338 e. The van der Waals surface area contributed by atoms with E-state index in [0.717, 1.165) is 16.5 Å². The van der Waals surface area contributed by atoms with Crippen LogP contribution < -0.4 is 10.1 Å². The number of esters is 1. The van der Waals surface area contributed by atoms with Crippen LogP contribution in [0.3, 0.4) is 0 Å². The standard InChI is InChI=1S/C19H23BrN4O3/c1-5-8-26-15-7-6-13(20)9-14(15)17-16(18(25)27-11(2)3)12(4)23-19-21-10-22-24(17)19/h6-7,9-11,17H,5,8H2,1-4H3,(H,21,22,23)/t17-/m0/s1. The van der Waals surface area contributed by atoms with Gasteiger partial charge in [-0.15, -0.1) is 0 Å². The van der Waals surface area contributed by atoms with Crippen LogP contribution in [0.1, 0.15) is 45.7 Å². The van der Waals surface area contributed by atoms with E-state index < -0.39 is 6.04 Å². The Bertz CT molecular complexity index is 876. The molecule has 1 aliphatic heterocycles. The molecule has 7 nitrogen and oxygen atoms in total. The molecule has 0 radical (unpaired) electrons. The monoisotopic (exact) mass is 434 g/mol. The lowest BCUT2D eigenvalue weighted by Crippen LogP contribution is -2.31. The third-order valence-electron chi connectivity index (χ3n) is 4.09. The molecule has 1 aliphatic rings. The number of hydrogen-bond donors (Lipinski definition) is 1. The zero-order valence-electron chi connectivity index (χ0n) is 15.8. The molecule has 3 rings (SSSR count). The van der Waals surface area contributed by atoms with Gasteiger partial charge in [-0.3, -0.25) is 0 Å². The summed E-state index contributed by atoms with van der Waals surface area (Å²) in [6.45, 7) is 8.13. The van der Waals surface area contributed by atoms with Gasteiger partial charge < -0.3 is 14.8 Å². The topological polar surface area (TPSA) is 78.3 Å². The largest absolute Gasteiger partial charge is 0.493 e. The van der Waals surface area contributed by atoms with Gasteiger partial charge in [0.2, 0.25) is 5.95 Å². The number of benzene rings is 1. The number of hydrogen-bond acceptors (Lipinski definition) is 6. The molecule has 144 valence electrons. The molecule has 0 aliphatic carbocycles. The average molecular weight is 435 g/mol. The summed E-state index contributed by atoms with van der Waals surface area (Å²) in [4.78, 5) is 17.2. The zero-order valence-corrected chi connectivity index (χ0v) is 17.4. The molecular weight excluding hydrogens is 412 g/mol. The zero-order chi connectivity index (χ0) is 19.6. The number of anilines is 1. The van der Waals surface area contributed by atoms with Gasteiger partial charge >= 0.3 is 5.97 Å². The van der Waals surface area contributed by atoms with E-state index in [-0.39, 0.29) is 12.1 Å². The fourth-order valence-electron chi connectivity index (χ4n) is 3.00. The van der Waals surface area contributed by atoms with Gasteiger partial charge in [-0.1, -0.05) is 22.9 Å². The summed E-state index contributed by atoms with van der Waals surface area (Å²) >= 11 is 3.53. The van der Waals surface area contributed by atoms with Gasteiger partial charge in [0, 0.05) is 15.7 Å². The van der Waals surface area contributed by atoms with E-state index >= 15 is 0 Å². The second-order valence-electron chi connectivity index (χ2n) is 6.58. The highest BCUT2D eigenvalue weighted by atomic mass is 79.9. The van der Waals surface area contributed by atoms with Crippen molar-refractivity contribution in [2.24, 2.45) is 0 Å². The highest BCUT2D eigenvalue weighted by Crippen LogP contribution is 2.40. The van der Waals surface area contributed by atoms with Crippen LogP contribution in [0.15, 0.2) is 40.3 Å². The van der Waals surface area contributed by atoms with Crippen LogP contribution in [-0.2, 0) is 9.53 Å². The van der Waals surface area contributed by atoms with E-state index in [1.807, 2.05) is 45.9 Å².